The number of para-hydroxylation sites is 1. The molecule has 0 spiro atoms. The largest absolute Gasteiger partial charge is 0.506 e. The molecule has 0 saturated heterocycles. The molecule has 6 nitrogen and oxygen atoms in total. The van der Waals surface area contributed by atoms with Gasteiger partial charge in [-0.1, -0.05) is 50.2 Å². The van der Waals surface area contributed by atoms with Gasteiger partial charge in [-0.25, -0.2) is 4.79 Å². The number of hydrogen-bond acceptors (Lipinski definition) is 6. The number of aliphatic imine (C=N–C) groups is 1. The lowest BCUT2D eigenvalue weighted by Crippen LogP contribution is -2.06. The predicted molar refractivity (Wildman–Crippen MR) is 133 cm³/mol. The van der Waals surface area contributed by atoms with E-state index in [0.717, 1.165) is 5.56 Å². The first-order valence-electron chi connectivity index (χ1n) is 10.9. The number of nitrogens with zero attached hydrogens (tertiary/aromatic N) is 1. The molecule has 6 heteroatoms. The fourth-order valence-corrected chi connectivity index (χ4v) is 3.80. The second-order valence-corrected chi connectivity index (χ2v) is 8.34. The van der Waals surface area contributed by atoms with Crippen molar-refractivity contribution in [3.05, 3.63) is 105 Å². The molecule has 0 fully saturated rings. The van der Waals surface area contributed by atoms with Crippen LogP contribution in [0.2, 0.25) is 0 Å². The Morgan fingerprint density at radius 1 is 0.853 bits per heavy atom. The maximum absolute atomic E-state index is 12.8. The first-order chi connectivity index (χ1) is 16.4. The summed E-state index contributed by atoms with van der Waals surface area (Å²) in [5, 5.41) is 11.3. The van der Waals surface area contributed by atoms with E-state index >= 15 is 0 Å². The van der Waals surface area contributed by atoms with Crippen LogP contribution < -0.4 is 11.1 Å². The van der Waals surface area contributed by atoms with Crippen LogP contribution in [-0.2, 0) is 0 Å². The standard InChI is InChI=1S/C28H21NO5/c1-16(2)17-7-9-18(10-8-17)26-14-23(30)21-13-19(11-12-25(21)33-26)29-15-22-27(31)20-5-3-4-6-24(20)34-28(22)32/h3-16,31H,1-2H3. The van der Waals surface area contributed by atoms with Crippen molar-refractivity contribution < 1.29 is 13.9 Å². The summed E-state index contributed by atoms with van der Waals surface area (Å²) in [6.45, 7) is 4.25. The molecule has 2 aromatic heterocycles. The van der Waals surface area contributed by atoms with Crippen LogP contribution in [0.3, 0.4) is 0 Å². The fraction of sp³-hybridized carbons (Fsp3) is 0.107. The smallest absolute Gasteiger partial charge is 0.348 e. The van der Waals surface area contributed by atoms with Gasteiger partial charge in [-0.2, -0.15) is 0 Å². The summed E-state index contributed by atoms with van der Waals surface area (Å²) in [6.07, 6.45) is 1.24. The van der Waals surface area contributed by atoms with E-state index in [2.05, 4.69) is 18.8 Å². The van der Waals surface area contributed by atoms with Crippen molar-refractivity contribution in [2.75, 3.05) is 0 Å². The van der Waals surface area contributed by atoms with Crippen LogP contribution in [0.1, 0.15) is 30.9 Å². The van der Waals surface area contributed by atoms with Crippen molar-refractivity contribution in [1.29, 1.82) is 0 Å². The van der Waals surface area contributed by atoms with Crippen LogP contribution in [0.25, 0.3) is 33.3 Å². The van der Waals surface area contributed by atoms with Gasteiger partial charge in [0.25, 0.3) is 0 Å². The predicted octanol–water partition coefficient (Wildman–Crippen LogP) is 6.15. The first kappa shape index (κ1) is 21.4. The molecule has 34 heavy (non-hydrogen) atoms. The Morgan fingerprint density at radius 3 is 2.35 bits per heavy atom. The number of fused-ring (bicyclic) bond motifs is 2. The summed E-state index contributed by atoms with van der Waals surface area (Å²) >= 11 is 0. The van der Waals surface area contributed by atoms with E-state index in [4.69, 9.17) is 8.83 Å². The van der Waals surface area contributed by atoms with Gasteiger partial charge >= 0.3 is 5.63 Å². The Hall–Kier alpha value is -4.45. The summed E-state index contributed by atoms with van der Waals surface area (Å²) in [5.74, 6) is 0.700. The number of aromatic hydroxyl groups is 1. The molecule has 0 bridgehead atoms. The zero-order chi connectivity index (χ0) is 23.8. The molecule has 168 valence electrons. The minimum Gasteiger partial charge on any atom is -0.506 e. The van der Waals surface area contributed by atoms with E-state index in [0.29, 0.717) is 39.3 Å². The molecule has 2 heterocycles. The third-order valence-corrected chi connectivity index (χ3v) is 5.74. The van der Waals surface area contributed by atoms with Gasteiger partial charge in [-0.15, -0.1) is 0 Å². The quantitative estimate of drug-likeness (QED) is 0.261. The summed E-state index contributed by atoms with van der Waals surface area (Å²) in [5.41, 5.74) is 2.22. The highest BCUT2D eigenvalue weighted by atomic mass is 16.4. The Labute approximate surface area is 194 Å². The molecule has 5 aromatic rings. The van der Waals surface area contributed by atoms with Crippen LogP contribution in [0.5, 0.6) is 5.75 Å². The molecule has 0 aliphatic heterocycles. The van der Waals surface area contributed by atoms with Crippen LogP contribution in [0.15, 0.2) is 96.2 Å². The third-order valence-electron chi connectivity index (χ3n) is 5.74. The van der Waals surface area contributed by atoms with Crippen molar-refractivity contribution in [1.82, 2.24) is 0 Å². The van der Waals surface area contributed by atoms with Gasteiger partial charge in [-0.05, 0) is 41.8 Å². The zero-order valence-corrected chi connectivity index (χ0v) is 18.6. The van der Waals surface area contributed by atoms with Crippen molar-refractivity contribution in [2.24, 2.45) is 4.99 Å². The molecule has 0 saturated carbocycles. The molecule has 0 aliphatic rings. The highest BCUT2D eigenvalue weighted by Crippen LogP contribution is 2.28. The Morgan fingerprint density at radius 2 is 1.59 bits per heavy atom. The van der Waals surface area contributed by atoms with E-state index in [1.54, 1.807) is 42.5 Å². The molecule has 0 unspecified atom stereocenters. The lowest BCUT2D eigenvalue weighted by atomic mass is 10.0. The summed E-state index contributed by atoms with van der Waals surface area (Å²) in [7, 11) is 0. The van der Waals surface area contributed by atoms with Gasteiger partial charge in [0.1, 0.15) is 28.2 Å². The Kier molecular flexibility index (Phi) is 5.34. The molecule has 1 N–H and O–H groups in total. The van der Waals surface area contributed by atoms with Crippen molar-refractivity contribution >= 4 is 33.8 Å². The molecule has 0 atom stereocenters. The fourth-order valence-electron chi connectivity index (χ4n) is 3.80. The second-order valence-electron chi connectivity index (χ2n) is 8.34. The Bertz CT molecular complexity index is 1670. The first-order valence-corrected chi connectivity index (χ1v) is 10.9. The lowest BCUT2D eigenvalue weighted by Gasteiger charge is -2.07. The van der Waals surface area contributed by atoms with Gasteiger partial charge in [0.15, 0.2) is 5.43 Å². The third kappa shape index (κ3) is 3.90. The highest BCUT2D eigenvalue weighted by molar-refractivity contribution is 5.94. The normalized spacial score (nSPS) is 11.7. The van der Waals surface area contributed by atoms with Crippen molar-refractivity contribution in [2.45, 2.75) is 19.8 Å². The summed E-state index contributed by atoms with van der Waals surface area (Å²) in [4.78, 5) is 29.4. The van der Waals surface area contributed by atoms with Gasteiger partial charge in [0, 0.05) is 17.8 Å². The molecule has 3 aromatic carbocycles. The van der Waals surface area contributed by atoms with Gasteiger partial charge in [-0.3, -0.25) is 9.79 Å². The average molecular weight is 451 g/mol. The monoisotopic (exact) mass is 451 g/mol. The SMILES string of the molecule is CC(C)c1ccc(-c2cc(=O)c3cc(N=Cc4c(O)c5ccccc5oc4=O)ccc3o2)cc1. The van der Waals surface area contributed by atoms with Crippen LogP contribution >= 0.6 is 0 Å². The molecule has 0 aliphatic carbocycles. The van der Waals surface area contributed by atoms with Gasteiger partial charge in [0.2, 0.25) is 0 Å². The van der Waals surface area contributed by atoms with E-state index in [9.17, 15) is 14.7 Å². The average Bonchev–Trinajstić information content (AvgIpc) is 2.84. The van der Waals surface area contributed by atoms with Crippen molar-refractivity contribution in [3.8, 4) is 17.1 Å². The van der Waals surface area contributed by atoms with Crippen LogP contribution in [0.4, 0.5) is 5.69 Å². The van der Waals surface area contributed by atoms with E-state index in [1.165, 1.54) is 17.8 Å². The topological polar surface area (TPSA) is 93.0 Å². The minimum absolute atomic E-state index is 0.0639. The molecule has 0 amide bonds. The molecular formula is C28H21NO5. The maximum atomic E-state index is 12.8. The second kappa shape index (κ2) is 8.48. The molecule has 0 radical (unpaired) electrons. The highest BCUT2D eigenvalue weighted by Gasteiger charge is 2.12. The van der Waals surface area contributed by atoms with Crippen molar-refractivity contribution in [3.63, 3.8) is 0 Å². The number of rotatable bonds is 4. The lowest BCUT2D eigenvalue weighted by molar-refractivity contribution is 0.466. The minimum atomic E-state index is -0.701. The summed E-state index contributed by atoms with van der Waals surface area (Å²) < 4.78 is 11.2. The molecular weight excluding hydrogens is 430 g/mol. The maximum Gasteiger partial charge on any atom is 0.348 e. The Balaban J connectivity index is 1.50. The van der Waals surface area contributed by atoms with Crippen LogP contribution in [0, 0.1) is 0 Å². The zero-order valence-electron chi connectivity index (χ0n) is 18.6. The van der Waals surface area contributed by atoms with E-state index < -0.39 is 5.63 Å². The van der Waals surface area contributed by atoms with Gasteiger partial charge < -0.3 is 13.9 Å². The van der Waals surface area contributed by atoms with E-state index in [1.807, 2.05) is 24.3 Å². The van der Waals surface area contributed by atoms with Crippen LogP contribution in [-0.4, -0.2) is 11.3 Å². The number of benzene rings is 3. The molecule has 5 rings (SSSR count). The van der Waals surface area contributed by atoms with Gasteiger partial charge in [0.05, 0.1) is 16.5 Å². The van der Waals surface area contributed by atoms with E-state index in [-0.39, 0.29) is 16.7 Å². The summed E-state index contributed by atoms with van der Waals surface area (Å²) in [6, 6.07) is 21.0. The number of hydrogen-bond donors (Lipinski definition) is 1.